The minimum Gasteiger partial charge on any atom is -0.383 e. The van der Waals surface area contributed by atoms with Crippen molar-refractivity contribution in [1.29, 1.82) is 0 Å². The Labute approximate surface area is 121 Å². The average molecular weight is 292 g/mol. The predicted molar refractivity (Wildman–Crippen MR) is 81.4 cm³/mol. The van der Waals surface area contributed by atoms with Crippen LogP contribution in [0.5, 0.6) is 0 Å². The topological polar surface area (TPSA) is 111 Å². The van der Waals surface area contributed by atoms with E-state index in [1.807, 2.05) is 17.7 Å². The largest absolute Gasteiger partial charge is 0.383 e. The third kappa shape index (κ3) is 3.53. The molecule has 0 saturated carbocycles. The molecule has 0 aliphatic rings. The van der Waals surface area contributed by atoms with Crippen LogP contribution in [0.2, 0.25) is 0 Å². The normalized spacial score (nSPS) is 10.7. The van der Waals surface area contributed by atoms with E-state index in [1.165, 1.54) is 4.57 Å². The molecule has 0 saturated heterocycles. The predicted octanol–water partition coefficient (Wildman–Crippen LogP) is 0.228. The first-order valence-corrected chi connectivity index (χ1v) is 6.95. The van der Waals surface area contributed by atoms with Crippen LogP contribution in [0.1, 0.15) is 19.8 Å². The van der Waals surface area contributed by atoms with Gasteiger partial charge in [0.2, 0.25) is 0 Å². The second kappa shape index (κ2) is 6.78. The number of hydrogen-bond donors (Lipinski definition) is 3. The van der Waals surface area contributed by atoms with E-state index in [2.05, 4.69) is 15.3 Å². The zero-order valence-electron chi connectivity index (χ0n) is 12.0. The van der Waals surface area contributed by atoms with Gasteiger partial charge in [0.15, 0.2) is 0 Å². The van der Waals surface area contributed by atoms with Gasteiger partial charge in [-0.05, 0) is 12.8 Å². The van der Waals surface area contributed by atoms with E-state index in [1.54, 1.807) is 12.5 Å². The van der Waals surface area contributed by atoms with Crippen molar-refractivity contribution >= 4 is 11.5 Å². The number of nitrogens with one attached hydrogen (secondary N) is 2. The number of aryl methyl sites for hydroxylation is 1. The van der Waals surface area contributed by atoms with Crippen LogP contribution in [-0.4, -0.2) is 25.6 Å². The van der Waals surface area contributed by atoms with Crippen LogP contribution in [0, 0.1) is 0 Å². The van der Waals surface area contributed by atoms with Crippen LogP contribution in [0.25, 0.3) is 0 Å². The van der Waals surface area contributed by atoms with Gasteiger partial charge in [-0.1, -0.05) is 6.92 Å². The van der Waals surface area contributed by atoms with Gasteiger partial charge >= 0.3 is 5.69 Å². The number of aromatic amines is 1. The summed E-state index contributed by atoms with van der Waals surface area (Å²) in [5.74, 6) is 0.188. The van der Waals surface area contributed by atoms with E-state index < -0.39 is 11.2 Å². The molecule has 0 unspecified atom stereocenters. The highest BCUT2D eigenvalue weighted by atomic mass is 16.2. The summed E-state index contributed by atoms with van der Waals surface area (Å²) in [4.78, 5) is 29.7. The van der Waals surface area contributed by atoms with Crippen molar-refractivity contribution in [2.45, 2.75) is 32.9 Å². The maximum atomic E-state index is 11.8. The van der Waals surface area contributed by atoms with Crippen molar-refractivity contribution in [2.24, 2.45) is 0 Å². The molecule has 8 nitrogen and oxygen atoms in total. The van der Waals surface area contributed by atoms with Gasteiger partial charge in [-0.2, -0.15) is 0 Å². The van der Waals surface area contributed by atoms with Crippen molar-refractivity contribution in [3.05, 3.63) is 39.6 Å². The Hall–Kier alpha value is -2.51. The summed E-state index contributed by atoms with van der Waals surface area (Å²) in [6, 6.07) is 0. The van der Waals surface area contributed by atoms with Crippen molar-refractivity contribution in [3.63, 3.8) is 0 Å². The Morgan fingerprint density at radius 2 is 2.19 bits per heavy atom. The van der Waals surface area contributed by atoms with Gasteiger partial charge in [-0.15, -0.1) is 0 Å². The van der Waals surface area contributed by atoms with Crippen LogP contribution < -0.4 is 22.3 Å². The number of nitrogen functional groups attached to an aromatic ring is 1. The zero-order valence-corrected chi connectivity index (χ0v) is 12.0. The van der Waals surface area contributed by atoms with E-state index in [9.17, 15) is 9.59 Å². The molecule has 114 valence electrons. The molecule has 2 aromatic heterocycles. The van der Waals surface area contributed by atoms with Crippen LogP contribution in [0.4, 0.5) is 11.5 Å². The molecule has 2 aromatic rings. The van der Waals surface area contributed by atoms with Gasteiger partial charge in [0, 0.05) is 32.0 Å². The lowest BCUT2D eigenvalue weighted by Gasteiger charge is -2.13. The van der Waals surface area contributed by atoms with Gasteiger partial charge in [0.1, 0.15) is 11.5 Å². The van der Waals surface area contributed by atoms with E-state index >= 15 is 0 Å². The van der Waals surface area contributed by atoms with Crippen molar-refractivity contribution in [2.75, 3.05) is 17.6 Å². The Morgan fingerprint density at radius 1 is 1.38 bits per heavy atom. The molecule has 0 spiro atoms. The summed E-state index contributed by atoms with van der Waals surface area (Å²) >= 11 is 0. The van der Waals surface area contributed by atoms with Crippen molar-refractivity contribution in [1.82, 2.24) is 19.1 Å². The minimum atomic E-state index is -0.479. The third-order valence-corrected chi connectivity index (χ3v) is 3.14. The van der Waals surface area contributed by atoms with Crippen molar-refractivity contribution < 1.29 is 0 Å². The molecule has 2 heterocycles. The lowest BCUT2D eigenvalue weighted by atomic mass is 10.3. The van der Waals surface area contributed by atoms with E-state index in [0.29, 0.717) is 13.1 Å². The highest BCUT2D eigenvalue weighted by Gasteiger charge is 2.10. The summed E-state index contributed by atoms with van der Waals surface area (Å²) in [6.45, 7) is 3.79. The monoisotopic (exact) mass is 292 g/mol. The van der Waals surface area contributed by atoms with Crippen LogP contribution in [0.3, 0.4) is 0 Å². The van der Waals surface area contributed by atoms with E-state index in [4.69, 9.17) is 5.73 Å². The van der Waals surface area contributed by atoms with Gasteiger partial charge in [0.05, 0.1) is 6.33 Å². The number of hydrogen-bond acceptors (Lipinski definition) is 5. The zero-order chi connectivity index (χ0) is 15.2. The minimum absolute atomic E-state index is 0.188. The first-order valence-electron chi connectivity index (χ1n) is 6.95. The fraction of sp³-hybridized carbons (Fsp3) is 0.462. The molecule has 0 aliphatic carbocycles. The highest BCUT2D eigenvalue weighted by Crippen LogP contribution is 2.10. The lowest BCUT2D eigenvalue weighted by molar-refractivity contribution is 0.639. The summed E-state index contributed by atoms with van der Waals surface area (Å²) in [6.07, 6.45) is 6.90. The summed E-state index contributed by atoms with van der Waals surface area (Å²) in [5, 5.41) is 3.01. The maximum absolute atomic E-state index is 11.8. The van der Waals surface area contributed by atoms with Gasteiger partial charge < -0.3 is 15.6 Å². The molecule has 0 bridgehead atoms. The number of anilines is 2. The number of nitrogens with two attached hydrogens (primary N) is 1. The quantitative estimate of drug-likeness (QED) is 0.633. The molecule has 0 radical (unpaired) electrons. The summed E-state index contributed by atoms with van der Waals surface area (Å²) in [7, 11) is 0. The maximum Gasteiger partial charge on any atom is 0.330 e. The summed E-state index contributed by atoms with van der Waals surface area (Å²) in [5.41, 5.74) is 5.22. The second-order valence-corrected chi connectivity index (χ2v) is 4.75. The fourth-order valence-electron chi connectivity index (χ4n) is 2.10. The molecular weight excluding hydrogens is 272 g/mol. The molecule has 2 rings (SSSR count). The molecule has 0 aliphatic heterocycles. The molecular formula is C13H20N6O2. The number of aromatic nitrogens is 4. The van der Waals surface area contributed by atoms with Gasteiger partial charge in [0.25, 0.3) is 5.56 Å². The van der Waals surface area contributed by atoms with Gasteiger partial charge in [-0.3, -0.25) is 14.3 Å². The van der Waals surface area contributed by atoms with E-state index in [0.717, 1.165) is 19.4 Å². The molecule has 21 heavy (non-hydrogen) atoms. The Balaban J connectivity index is 2.04. The number of imidazole rings is 1. The lowest BCUT2D eigenvalue weighted by Crippen LogP contribution is -2.34. The number of nitrogens with zero attached hydrogens (tertiary/aromatic N) is 3. The number of H-pyrrole nitrogens is 1. The highest BCUT2D eigenvalue weighted by molar-refractivity contribution is 5.60. The standard InChI is InChI=1S/C13H20N6O2/c1-2-6-19-11(14)10(12(20)17-13(19)21)16-4-3-7-18-8-5-15-9-18/h5,8-9,16H,2-4,6-7,14H2,1H3,(H,17,20,21). The first kappa shape index (κ1) is 14.9. The molecule has 0 aromatic carbocycles. The Kier molecular flexibility index (Phi) is 4.81. The Bertz CT molecular complexity index is 686. The third-order valence-electron chi connectivity index (χ3n) is 3.14. The molecule has 0 amide bonds. The molecule has 0 fully saturated rings. The van der Waals surface area contributed by atoms with Gasteiger partial charge in [-0.25, -0.2) is 9.78 Å². The van der Waals surface area contributed by atoms with E-state index in [-0.39, 0.29) is 11.5 Å². The fourth-order valence-corrected chi connectivity index (χ4v) is 2.10. The van der Waals surface area contributed by atoms with Crippen molar-refractivity contribution in [3.8, 4) is 0 Å². The Morgan fingerprint density at radius 3 is 2.86 bits per heavy atom. The smallest absolute Gasteiger partial charge is 0.330 e. The van der Waals surface area contributed by atoms with Crippen LogP contribution in [-0.2, 0) is 13.1 Å². The molecule has 4 N–H and O–H groups in total. The first-order chi connectivity index (χ1) is 10.1. The van der Waals surface area contributed by atoms with Crippen LogP contribution in [0.15, 0.2) is 28.3 Å². The summed E-state index contributed by atoms with van der Waals surface area (Å²) < 4.78 is 3.33. The second-order valence-electron chi connectivity index (χ2n) is 4.75. The average Bonchev–Trinajstić information content (AvgIpc) is 2.95. The molecule has 0 atom stereocenters. The van der Waals surface area contributed by atoms with Crippen LogP contribution >= 0.6 is 0 Å². The number of rotatable bonds is 7. The SMILES string of the molecule is CCCn1c(N)c(NCCCn2ccnc2)c(=O)[nH]c1=O. The molecule has 8 heteroatoms.